The van der Waals surface area contributed by atoms with Crippen LogP contribution in [0.25, 0.3) is 0 Å². The first-order chi connectivity index (χ1) is 10.5. The third kappa shape index (κ3) is 3.74. The molecule has 0 saturated heterocycles. The summed E-state index contributed by atoms with van der Waals surface area (Å²) in [5, 5.41) is 13.1. The summed E-state index contributed by atoms with van der Waals surface area (Å²) in [6.07, 6.45) is 0.641. The van der Waals surface area contributed by atoms with Crippen LogP contribution in [0.5, 0.6) is 5.75 Å². The Labute approximate surface area is 134 Å². The molecule has 1 amide bonds. The molecule has 6 heteroatoms. The van der Waals surface area contributed by atoms with Gasteiger partial charge in [-0.25, -0.2) is 0 Å². The van der Waals surface area contributed by atoms with Crippen LogP contribution in [0.15, 0.2) is 47.9 Å². The van der Waals surface area contributed by atoms with E-state index < -0.39 is 0 Å². The van der Waals surface area contributed by atoms with Gasteiger partial charge in [0.1, 0.15) is 11.5 Å². The van der Waals surface area contributed by atoms with E-state index in [0.29, 0.717) is 48.2 Å². The van der Waals surface area contributed by atoms with Crippen molar-refractivity contribution < 1.29 is 14.6 Å². The molecular formula is C16H19ClN2O3. The minimum absolute atomic E-state index is 0.0349. The van der Waals surface area contributed by atoms with Crippen molar-refractivity contribution in [2.24, 2.45) is 0 Å². The summed E-state index contributed by atoms with van der Waals surface area (Å²) in [4.78, 5) is 13.7. The molecule has 0 saturated carbocycles. The highest BCUT2D eigenvalue weighted by atomic mass is 35.5. The van der Waals surface area contributed by atoms with Crippen LogP contribution in [-0.4, -0.2) is 42.7 Å². The minimum atomic E-state index is -0.277. The first-order valence-corrected chi connectivity index (χ1v) is 7.36. The average molecular weight is 323 g/mol. The number of ether oxygens (including phenoxy) is 1. The van der Waals surface area contributed by atoms with E-state index in [4.69, 9.17) is 16.3 Å². The summed E-state index contributed by atoms with van der Waals surface area (Å²) in [5.41, 5.74) is 0.812. The number of nitrogens with zero attached hydrogens (tertiary/aromatic N) is 1. The van der Waals surface area contributed by atoms with Gasteiger partial charge >= 0.3 is 0 Å². The predicted molar refractivity (Wildman–Crippen MR) is 86.0 cm³/mol. The van der Waals surface area contributed by atoms with Crippen molar-refractivity contribution in [3.8, 4) is 5.75 Å². The topological polar surface area (TPSA) is 61.8 Å². The molecule has 118 valence electrons. The van der Waals surface area contributed by atoms with Crippen molar-refractivity contribution in [2.75, 3.05) is 26.7 Å². The summed E-state index contributed by atoms with van der Waals surface area (Å²) < 4.78 is 5.53. The molecule has 1 aliphatic heterocycles. The Kier molecular flexibility index (Phi) is 5.33. The number of aliphatic hydroxyl groups excluding tert-OH is 1. The first-order valence-electron chi connectivity index (χ1n) is 6.98. The predicted octanol–water partition coefficient (Wildman–Crippen LogP) is 2.50. The van der Waals surface area contributed by atoms with Crippen LogP contribution in [-0.2, 0) is 4.79 Å². The lowest BCUT2D eigenvalue weighted by Crippen LogP contribution is -2.29. The number of halogens is 1. The molecule has 0 unspecified atom stereocenters. The van der Waals surface area contributed by atoms with E-state index in [1.165, 1.54) is 0 Å². The molecule has 22 heavy (non-hydrogen) atoms. The number of para-hydroxylation sites is 1. The highest BCUT2D eigenvalue weighted by molar-refractivity contribution is 6.32. The van der Waals surface area contributed by atoms with Crippen LogP contribution >= 0.6 is 11.6 Å². The van der Waals surface area contributed by atoms with Gasteiger partial charge in [0.25, 0.3) is 5.91 Å². The highest BCUT2D eigenvalue weighted by Gasteiger charge is 2.26. The van der Waals surface area contributed by atoms with E-state index >= 15 is 0 Å². The maximum atomic E-state index is 12.0. The molecule has 0 atom stereocenters. The molecule has 1 aliphatic rings. The lowest BCUT2D eigenvalue weighted by molar-refractivity contribution is -0.117. The monoisotopic (exact) mass is 322 g/mol. The molecule has 5 nitrogen and oxygen atoms in total. The summed E-state index contributed by atoms with van der Waals surface area (Å²) >= 11 is 5.98. The van der Waals surface area contributed by atoms with Crippen LogP contribution < -0.4 is 10.1 Å². The third-order valence-corrected chi connectivity index (χ3v) is 3.70. The Morgan fingerprint density at radius 1 is 1.50 bits per heavy atom. The number of carbonyl (C=O) groups excluding carboxylic acids is 1. The number of benzene rings is 1. The summed E-state index contributed by atoms with van der Waals surface area (Å²) in [7, 11) is 1.77. The Morgan fingerprint density at radius 2 is 2.23 bits per heavy atom. The zero-order chi connectivity index (χ0) is 16.1. The van der Waals surface area contributed by atoms with E-state index in [0.717, 1.165) is 0 Å². The van der Waals surface area contributed by atoms with Crippen LogP contribution in [0.4, 0.5) is 0 Å². The SMILES string of the molecule is C=C1C(O)=C(C(=O)NCCCOc2ccccc2Cl)CN1C. The maximum absolute atomic E-state index is 12.0. The van der Waals surface area contributed by atoms with Crippen molar-refractivity contribution in [3.05, 3.63) is 52.9 Å². The van der Waals surface area contributed by atoms with Crippen LogP contribution in [0.3, 0.4) is 0 Å². The van der Waals surface area contributed by atoms with E-state index in [9.17, 15) is 9.90 Å². The Hall–Kier alpha value is -2.14. The van der Waals surface area contributed by atoms with Gasteiger partial charge in [-0.05, 0) is 18.6 Å². The van der Waals surface area contributed by atoms with Crippen molar-refractivity contribution in [3.63, 3.8) is 0 Å². The van der Waals surface area contributed by atoms with Gasteiger partial charge in [0.05, 0.1) is 29.4 Å². The highest BCUT2D eigenvalue weighted by Crippen LogP contribution is 2.23. The Balaban J connectivity index is 1.72. The van der Waals surface area contributed by atoms with Crippen LogP contribution in [0, 0.1) is 0 Å². The number of hydrogen-bond donors (Lipinski definition) is 2. The number of carbonyl (C=O) groups is 1. The minimum Gasteiger partial charge on any atom is -0.505 e. The number of likely N-dealkylation sites (N-methyl/N-ethyl adjacent to an activating group) is 1. The molecule has 2 N–H and O–H groups in total. The molecule has 0 fully saturated rings. The number of nitrogens with one attached hydrogen (secondary N) is 1. The van der Waals surface area contributed by atoms with E-state index in [2.05, 4.69) is 11.9 Å². The number of rotatable bonds is 6. The molecule has 1 heterocycles. The number of amides is 1. The van der Waals surface area contributed by atoms with Crippen molar-refractivity contribution in [1.29, 1.82) is 0 Å². The number of hydrogen-bond acceptors (Lipinski definition) is 4. The Morgan fingerprint density at radius 3 is 2.86 bits per heavy atom. The Bertz CT molecular complexity index is 613. The maximum Gasteiger partial charge on any atom is 0.252 e. The summed E-state index contributed by atoms with van der Waals surface area (Å²) in [5.74, 6) is 0.317. The molecule has 1 aromatic rings. The summed E-state index contributed by atoms with van der Waals surface area (Å²) in [6, 6.07) is 7.24. The summed E-state index contributed by atoms with van der Waals surface area (Å²) in [6.45, 7) is 4.97. The van der Waals surface area contributed by atoms with Crippen LogP contribution in [0.2, 0.25) is 5.02 Å². The second kappa shape index (κ2) is 7.22. The van der Waals surface area contributed by atoms with E-state index in [1.807, 2.05) is 12.1 Å². The molecule has 0 bridgehead atoms. The zero-order valence-corrected chi connectivity index (χ0v) is 13.2. The second-order valence-corrected chi connectivity index (χ2v) is 5.43. The molecule has 0 radical (unpaired) electrons. The van der Waals surface area contributed by atoms with E-state index in [1.54, 1.807) is 24.1 Å². The smallest absolute Gasteiger partial charge is 0.252 e. The van der Waals surface area contributed by atoms with E-state index in [-0.39, 0.29) is 11.7 Å². The van der Waals surface area contributed by atoms with Gasteiger partial charge in [0.15, 0.2) is 0 Å². The molecule has 0 spiro atoms. The zero-order valence-electron chi connectivity index (χ0n) is 12.4. The largest absolute Gasteiger partial charge is 0.505 e. The fourth-order valence-corrected chi connectivity index (χ4v) is 2.26. The van der Waals surface area contributed by atoms with Crippen LogP contribution in [0.1, 0.15) is 6.42 Å². The van der Waals surface area contributed by atoms with Gasteiger partial charge in [-0.3, -0.25) is 4.79 Å². The van der Waals surface area contributed by atoms with Crippen molar-refractivity contribution >= 4 is 17.5 Å². The van der Waals surface area contributed by atoms with Gasteiger partial charge in [-0.15, -0.1) is 0 Å². The third-order valence-electron chi connectivity index (χ3n) is 3.39. The molecular weight excluding hydrogens is 304 g/mol. The second-order valence-electron chi connectivity index (χ2n) is 5.02. The van der Waals surface area contributed by atoms with Gasteiger partial charge < -0.3 is 20.1 Å². The van der Waals surface area contributed by atoms with Gasteiger partial charge in [0, 0.05) is 13.6 Å². The molecule has 0 aromatic heterocycles. The fraction of sp³-hybridized carbons (Fsp3) is 0.312. The van der Waals surface area contributed by atoms with Crippen molar-refractivity contribution in [1.82, 2.24) is 10.2 Å². The fourth-order valence-electron chi connectivity index (χ4n) is 2.07. The van der Waals surface area contributed by atoms with Gasteiger partial charge in [-0.2, -0.15) is 0 Å². The van der Waals surface area contributed by atoms with Crippen molar-refractivity contribution in [2.45, 2.75) is 6.42 Å². The molecule has 0 aliphatic carbocycles. The van der Waals surface area contributed by atoms with Gasteiger partial charge in [-0.1, -0.05) is 30.3 Å². The lowest BCUT2D eigenvalue weighted by atomic mass is 10.2. The quantitative estimate of drug-likeness (QED) is 0.790. The van der Waals surface area contributed by atoms with Gasteiger partial charge in [0.2, 0.25) is 0 Å². The molecule has 2 rings (SSSR count). The molecule has 1 aromatic carbocycles. The first kappa shape index (κ1) is 16.2. The standard InChI is InChI=1S/C16H19ClN2O3/c1-11-15(20)12(10-19(11)2)16(21)18-8-5-9-22-14-7-4-3-6-13(14)17/h3-4,6-7,20H,1,5,8-10H2,2H3,(H,18,21). The normalized spacial score (nSPS) is 14.5. The number of aliphatic hydroxyl groups is 1. The average Bonchev–Trinajstić information content (AvgIpc) is 2.76. The lowest BCUT2D eigenvalue weighted by Gasteiger charge is -2.11.